The molecule has 0 aliphatic rings. The molecule has 2 N–H and O–H groups in total. The number of nitrogens with two attached hydrogens (primary N) is 1. The second-order valence-corrected chi connectivity index (χ2v) is 4.57. The van der Waals surface area contributed by atoms with Crippen molar-refractivity contribution in [2.75, 3.05) is 5.73 Å². The maximum Gasteiger partial charge on any atom is 0.200 e. The zero-order valence-electron chi connectivity index (χ0n) is 9.21. The average Bonchev–Trinajstić information content (AvgIpc) is 2.74. The Balaban J connectivity index is 2.35. The average molecular weight is 242 g/mol. The highest BCUT2D eigenvalue weighted by Gasteiger charge is 2.10. The lowest BCUT2D eigenvalue weighted by atomic mass is 10.1. The topological polar surface area (TPSA) is 64.7 Å². The summed E-state index contributed by atoms with van der Waals surface area (Å²) in [4.78, 5) is 8.71. The molecule has 0 saturated carbocycles. The lowest BCUT2D eigenvalue weighted by Gasteiger charge is -2.04. The lowest BCUT2D eigenvalue weighted by molar-refractivity contribution is 1.24. The molecule has 2 heterocycles. The summed E-state index contributed by atoms with van der Waals surface area (Å²) in [5.74, 6) is 0.675. The zero-order valence-corrected chi connectivity index (χ0v) is 10.0. The third kappa shape index (κ3) is 1.74. The van der Waals surface area contributed by atoms with Crippen molar-refractivity contribution >= 4 is 27.6 Å². The van der Waals surface area contributed by atoms with E-state index in [1.54, 1.807) is 0 Å². The van der Waals surface area contributed by atoms with Gasteiger partial charge in [-0.2, -0.15) is 9.36 Å². The second kappa shape index (κ2) is 3.78. The van der Waals surface area contributed by atoms with Gasteiger partial charge in [-0.25, -0.2) is 0 Å². The molecule has 0 saturated heterocycles. The number of anilines is 1. The minimum Gasteiger partial charge on any atom is -0.374 e. The van der Waals surface area contributed by atoms with Gasteiger partial charge in [-0.1, -0.05) is 18.2 Å². The second-order valence-electron chi connectivity index (χ2n) is 3.78. The first-order chi connectivity index (χ1) is 8.24. The fraction of sp³-hybridized carbons (Fsp3) is 0.0833. The number of fused-ring (bicyclic) bond motifs is 1. The summed E-state index contributed by atoms with van der Waals surface area (Å²) in [6.07, 6.45) is 0. The number of hydrogen-bond acceptors (Lipinski definition) is 5. The summed E-state index contributed by atoms with van der Waals surface area (Å²) in [7, 11) is 0. The summed E-state index contributed by atoms with van der Waals surface area (Å²) < 4.78 is 4.26. The van der Waals surface area contributed by atoms with Gasteiger partial charge in [0.25, 0.3) is 0 Å². The van der Waals surface area contributed by atoms with Crippen LogP contribution in [-0.4, -0.2) is 14.3 Å². The zero-order chi connectivity index (χ0) is 11.8. The summed E-state index contributed by atoms with van der Waals surface area (Å²) in [5, 5.41) is 1.54. The lowest BCUT2D eigenvalue weighted by Crippen LogP contribution is -1.90. The monoisotopic (exact) mass is 242 g/mol. The van der Waals surface area contributed by atoms with Crippen LogP contribution in [0.5, 0.6) is 0 Å². The Bertz CT molecular complexity index is 690. The van der Waals surface area contributed by atoms with Gasteiger partial charge < -0.3 is 5.73 Å². The van der Waals surface area contributed by atoms with Crippen molar-refractivity contribution in [3.05, 3.63) is 36.0 Å². The molecular formula is C12H10N4S. The normalized spacial score (nSPS) is 10.9. The standard InChI is InChI=1S/C12H10N4S/c1-7-6-9(11-15-12(13)17-16-11)8-4-2-3-5-10(8)14-7/h2-6H,1H3,(H2,13,15,16). The van der Waals surface area contributed by atoms with Crippen molar-refractivity contribution in [1.29, 1.82) is 0 Å². The van der Waals surface area contributed by atoms with E-state index >= 15 is 0 Å². The maximum atomic E-state index is 5.63. The van der Waals surface area contributed by atoms with E-state index in [0.717, 1.165) is 22.2 Å². The van der Waals surface area contributed by atoms with Crippen molar-refractivity contribution in [2.45, 2.75) is 6.92 Å². The van der Waals surface area contributed by atoms with Gasteiger partial charge in [0.1, 0.15) is 0 Å². The molecule has 17 heavy (non-hydrogen) atoms. The molecule has 1 aromatic carbocycles. The SMILES string of the molecule is Cc1cc(-c2nsc(N)n2)c2ccccc2n1. The Labute approximate surface area is 102 Å². The molecule has 0 spiro atoms. The van der Waals surface area contributed by atoms with Crippen molar-refractivity contribution in [1.82, 2.24) is 14.3 Å². The van der Waals surface area contributed by atoms with Gasteiger partial charge >= 0.3 is 0 Å². The van der Waals surface area contributed by atoms with E-state index in [4.69, 9.17) is 5.73 Å². The van der Waals surface area contributed by atoms with Crippen LogP contribution in [0.1, 0.15) is 5.69 Å². The highest BCUT2D eigenvalue weighted by Crippen LogP contribution is 2.27. The van der Waals surface area contributed by atoms with Crippen molar-refractivity contribution in [3.8, 4) is 11.4 Å². The van der Waals surface area contributed by atoms with E-state index in [0.29, 0.717) is 11.0 Å². The molecule has 84 valence electrons. The molecule has 0 bridgehead atoms. The van der Waals surface area contributed by atoms with Crippen LogP contribution in [0.25, 0.3) is 22.3 Å². The molecule has 0 atom stereocenters. The van der Waals surface area contributed by atoms with Crippen molar-refractivity contribution in [3.63, 3.8) is 0 Å². The first kappa shape index (κ1) is 10.2. The van der Waals surface area contributed by atoms with Gasteiger partial charge in [0, 0.05) is 28.2 Å². The number of hydrogen-bond donors (Lipinski definition) is 1. The van der Waals surface area contributed by atoms with Gasteiger partial charge in [0.15, 0.2) is 11.0 Å². The number of nitrogen functional groups attached to an aromatic ring is 1. The van der Waals surface area contributed by atoms with Crippen LogP contribution < -0.4 is 5.73 Å². The van der Waals surface area contributed by atoms with Crippen molar-refractivity contribution < 1.29 is 0 Å². The molecule has 0 amide bonds. The molecule has 3 rings (SSSR count). The van der Waals surface area contributed by atoms with Crippen LogP contribution in [-0.2, 0) is 0 Å². The van der Waals surface area contributed by atoms with E-state index in [2.05, 4.69) is 14.3 Å². The first-order valence-corrected chi connectivity index (χ1v) is 5.97. The quantitative estimate of drug-likeness (QED) is 0.712. The third-order valence-corrected chi connectivity index (χ3v) is 3.07. The van der Waals surface area contributed by atoms with Gasteiger partial charge in [-0.15, -0.1) is 0 Å². The third-order valence-electron chi connectivity index (χ3n) is 2.53. The fourth-order valence-corrected chi connectivity index (χ4v) is 2.28. The maximum absolute atomic E-state index is 5.63. The van der Waals surface area contributed by atoms with E-state index in [1.165, 1.54) is 11.5 Å². The molecule has 5 heteroatoms. The summed E-state index contributed by atoms with van der Waals surface area (Å²) in [6.45, 7) is 1.96. The van der Waals surface area contributed by atoms with Crippen LogP contribution in [0.2, 0.25) is 0 Å². The van der Waals surface area contributed by atoms with Crippen LogP contribution in [0.3, 0.4) is 0 Å². The van der Waals surface area contributed by atoms with Gasteiger partial charge in [0.05, 0.1) is 5.52 Å². The van der Waals surface area contributed by atoms with Gasteiger partial charge in [-0.3, -0.25) is 4.98 Å². The Hall–Kier alpha value is -2.01. The van der Waals surface area contributed by atoms with Crippen LogP contribution in [0.4, 0.5) is 5.13 Å². The Morgan fingerprint density at radius 1 is 1.18 bits per heavy atom. The smallest absolute Gasteiger partial charge is 0.200 e. The number of benzene rings is 1. The largest absolute Gasteiger partial charge is 0.374 e. The predicted octanol–water partition coefficient (Wildman–Crippen LogP) is 2.64. The first-order valence-electron chi connectivity index (χ1n) is 5.20. The summed E-state index contributed by atoms with van der Waals surface area (Å²) in [5.41, 5.74) is 8.52. The summed E-state index contributed by atoms with van der Waals surface area (Å²) >= 11 is 1.21. The Morgan fingerprint density at radius 2 is 2.00 bits per heavy atom. The number of nitrogens with zero attached hydrogens (tertiary/aromatic N) is 3. The molecular weight excluding hydrogens is 232 g/mol. The van der Waals surface area contributed by atoms with Crippen molar-refractivity contribution in [2.24, 2.45) is 0 Å². The van der Waals surface area contributed by atoms with E-state index in [-0.39, 0.29) is 0 Å². The number of pyridine rings is 1. The molecule has 0 unspecified atom stereocenters. The number of rotatable bonds is 1. The molecule has 0 aliphatic carbocycles. The van der Waals surface area contributed by atoms with E-state index < -0.39 is 0 Å². The molecule has 3 aromatic rings. The number of aryl methyl sites for hydroxylation is 1. The number of aromatic nitrogens is 3. The highest BCUT2D eigenvalue weighted by molar-refractivity contribution is 7.09. The highest BCUT2D eigenvalue weighted by atomic mass is 32.1. The number of para-hydroxylation sites is 1. The summed E-state index contributed by atoms with van der Waals surface area (Å²) in [6, 6.07) is 9.96. The molecule has 2 aromatic heterocycles. The van der Waals surface area contributed by atoms with Crippen LogP contribution >= 0.6 is 11.5 Å². The van der Waals surface area contributed by atoms with Crippen LogP contribution in [0.15, 0.2) is 30.3 Å². The fourth-order valence-electron chi connectivity index (χ4n) is 1.84. The molecule has 0 radical (unpaired) electrons. The van der Waals surface area contributed by atoms with Gasteiger partial charge in [-0.05, 0) is 19.1 Å². The molecule has 4 nitrogen and oxygen atoms in total. The Morgan fingerprint density at radius 3 is 2.76 bits per heavy atom. The van der Waals surface area contributed by atoms with E-state index in [9.17, 15) is 0 Å². The Kier molecular flexibility index (Phi) is 2.26. The molecule has 0 aliphatic heterocycles. The minimum absolute atomic E-state index is 0.485. The van der Waals surface area contributed by atoms with Gasteiger partial charge in [0.2, 0.25) is 0 Å². The predicted molar refractivity (Wildman–Crippen MR) is 69.8 cm³/mol. The molecule has 0 fully saturated rings. The minimum atomic E-state index is 0.485. The van der Waals surface area contributed by atoms with E-state index in [1.807, 2.05) is 37.3 Å². The van der Waals surface area contributed by atoms with Crippen LogP contribution in [0, 0.1) is 6.92 Å².